The number of alkyl halides is 3. The summed E-state index contributed by atoms with van der Waals surface area (Å²) in [4.78, 5) is 8.25. The van der Waals surface area contributed by atoms with Crippen molar-refractivity contribution in [3.8, 4) is 5.88 Å². The molecule has 1 aromatic rings. The molecule has 28 heavy (non-hydrogen) atoms. The van der Waals surface area contributed by atoms with Gasteiger partial charge in [-0.05, 0) is 25.3 Å². The van der Waals surface area contributed by atoms with Crippen LogP contribution in [-0.2, 0) is 11.3 Å². The van der Waals surface area contributed by atoms with Gasteiger partial charge in [-0.1, -0.05) is 19.9 Å². The van der Waals surface area contributed by atoms with Gasteiger partial charge < -0.3 is 20.1 Å². The number of aromatic nitrogens is 1. The number of guanidine groups is 1. The summed E-state index contributed by atoms with van der Waals surface area (Å²) in [6.45, 7) is 7.63. The van der Waals surface area contributed by atoms with E-state index in [0.717, 1.165) is 13.0 Å². The van der Waals surface area contributed by atoms with Gasteiger partial charge in [0, 0.05) is 38.1 Å². The van der Waals surface area contributed by atoms with Crippen LogP contribution in [-0.4, -0.2) is 50.0 Å². The van der Waals surface area contributed by atoms with E-state index in [1.165, 1.54) is 6.20 Å². The quantitative estimate of drug-likeness (QED) is 0.202. The number of hydrogen-bond acceptors (Lipinski definition) is 4. The average molecular weight is 518 g/mol. The predicted molar refractivity (Wildman–Crippen MR) is 114 cm³/mol. The summed E-state index contributed by atoms with van der Waals surface area (Å²) in [5.41, 5.74) is 0.485. The summed E-state index contributed by atoms with van der Waals surface area (Å²) in [6.07, 6.45) is -2.20. The molecule has 2 N–H and O–H groups in total. The lowest BCUT2D eigenvalue weighted by Crippen LogP contribution is -2.38. The van der Waals surface area contributed by atoms with Crippen molar-refractivity contribution >= 4 is 29.9 Å². The maximum Gasteiger partial charge on any atom is 0.422 e. The van der Waals surface area contributed by atoms with Crippen molar-refractivity contribution in [1.29, 1.82) is 0 Å². The third-order valence-corrected chi connectivity index (χ3v) is 3.18. The summed E-state index contributed by atoms with van der Waals surface area (Å²) in [5.74, 6) is 1.02. The van der Waals surface area contributed by atoms with Crippen LogP contribution >= 0.6 is 24.0 Å². The Morgan fingerprint density at radius 1 is 1.29 bits per heavy atom. The molecular formula is C18H30F3IN4O2. The fourth-order valence-electron chi connectivity index (χ4n) is 2.03. The van der Waals surface area contributed by atoms with Crippen LogP contribution in [0.15, 0.2) is 23.3 Å². The second-order valence-corrected chi connectivity index (χ2v) is 6.32. The highest BCUT2D eigenvalue weighted by atomic mass is 127. The number of nitrogens with zero attached hydrogens (tertiary/aromatic N) is 2. The lowest BCUT2D eigenvalue weighted by atomic mass is 10.2. The van der Waals surface area contributed by atoms with Crippen molar-refractivity contribution < 1.29 is 22.6 Å². The molecule has 0 aromatic carbocycles. The normalized spacial score (nSPS) is 11.9. The molecule has 1 aromatic heterocycles. The van der Waals surface area contributed by atoms with Crippen molar-refractivity contribution in [1.82, 2.24) is 15.6 Å². The number of hydrogen-bond donors (Lipinski definition) is 2. The van der Waals surface area contributed by atoms with Crippen molar-refractivity contribution in [3.63, 3.8) is 0 Å². The Balaban J connectivity index is 0.00000729. The zero-order chi connectivity index (χ0) is 20.1. The second kappa shape index (κ2) is 14.7. The molecule has 0 spiro atoms. The lowest BCUT2D eigenvalue weighted by molar-refractivity contribution is -0.154. The van der Waals surface area contributed by atoms with E-state index in [9.17, 15) is 13.2 Å². The highest BCUT2D eigenvalue weighted by molar-refractivity contribution is 14.0. The SMILES string of the molecule is CCNC(=NCc1cccnc1OCC(F)(F)F)NCCCOCC(C)C.I. The molecule has 1 heterocycles. The van der Waals surface area contributed by atoms with E-state index in [-0.39, 0.29) is 36.4 Å². The van der Waals surface area contributed by atoms with Crippen LogP contribution in [0, 0.1) is 5.92 Å². The summed E-state index contributed by atoms with van der Waals surface area (Å²) >= 11 is 0. The molecule has 0 fully saturated rings. The van der Waals surface area contributed by atoms with Crippen molar-refractivity contribution in [2.24, 2.45) is 10.9 Å². The third-order valence-electron chi connectivity index (χ3n) is 3.18. The Bertz CT molecular complexity index is 572. The zero-order valence-corrected chi connectivity index (χ0v) is 18.8. The van der Waals surface area contributed by atoms with E-state index >= 15 is 0 Å². The third kappa shape index (κ3) is 13.0. The lowest BCUT2D eigenvalue weighted by Gasteiger charge is -2.13. The average Bonchev–Trinajstić information content (AvgIpc) is 2.60. The molecule has 1 rings (SSSR count). The summed E-state index contributed by atoms with van der Waals surface area (Å²) in [5, 5.41) is 6.27. The molecular weight excluding hydrogens is 488 g/mol. The Morgan fingerprint density at radius 3 is 2.68 bits per heavy atom. The van der Waals surface area contributed by atoms with Crippen LogP contribution in [0.3, 0.4) is 0 Å². The highest BCUT2D eigenvalue weighted by Gasteiger charge is 2.29. The summed E-state index contributed by atoms with van der Waals surface area (Å²) < 4.78 is 47.3. The molecule has 0 atom stereocenters. The fourth-order valence-corrected chi connectivity index (χ4v) is 2.03. The molecule has 0 saturated carbocycles. The Hall–Kier alpha value is -1.30. The highest BCUT2D eigenvalue weighted by Crippen LogP contribution is 2.20. The van der Waals surface area contributed by atoms with Gasteiger partial charge in [-0.2, -0.15) is 13.2 Å². The number of aliphatic imine (C=N–C) groups is 1. The molecule has 6 nitrogen and oxygen atoms in total. The van der Waals surface area contributed by atoms with E-state index in [4.69, 9.17) is 9.47 Å². The van der Waals surface area contributed by atoms with E-state index in [1.807, 2.05) is 6.92 Å². The first-order valence-electron chi connectivity index (χ1n) is 9.05. The van der Waals surface area contributed by atoms with Crippen LogP contribution < -0.4 is 15.4 Å². The van der Waals surface area contributed by atoms with E-state index in [0.29, 0.717) is 37.1 Å². The van der Waals surface area contributed by atoms with Crippen LogP contribution in [0.1, 0.15) is 32.8 Å². The van der Waals surface area contributed by atoms with Crippen molar-refractivity contribution in [3.05, 3.63) is 23.9 Å². The molecule has 0 saturated heterocycles. The largest absolute Gasteiger partial charge is 0.468 e. The minimum atomic E-state index is -4.41. The molecule has 0 unspecified atom stereocenters. The van der Waals surface area contributed by atoms with Gasteiger partial charge in [-0.15, -0.1) is 24.0 Å². The summed E-state index contributed by atoms with van der Waals surface area (Å²) in [6, 6.07) is 3.28. The molecule has 162 valence electrons. The van der Waals surface area contributed by atoms with Gasteiger partial charge in [0.1, 0.15) is 0 Å². The summed E-state index contributed by atoms with van der Waals surface area (Å²) in [7, 11) is 0. The standard InChI is InChI=1S/C18H29F3N4O2.HI/c1-4-22-17(24-9-6-10-26-12-14(2)3)25-11-15-7-5-8-23-16(15)27-13-18(19,20)21;/h5,7-8,14H,4,6,9-13H2,1-3H3,(H2,22,24,25);1H. The van der Waals surface area contributed by atoms with Crippen LogP contribution in [0.4, 0.5) is 13.2 Å². The van der Waals surface area contributed by atoms with Crippen LogP contribution in [0.25, 0.3) is 0 Å². The Kier molecular flexibility index (Phi) is 14.0. The molecule has 10 heteroatoms. The van der Waals surface area contributed by atoms with Gasteiger partial charge in [0.25, 0.3) is 0 Å². The molecule has 0 radical (unpaired) electrons. The first kappa shape index (κ1) is 26.7. The maximum absolute atomic E-state index is 12.3. The van der Waals surface area contributed by atoms with Crippen molar-refractivity contribution in [2.45, 2.75) is 39.9 Å². The first-order chi connectivity index (χ1) is 12.8. The predicted octanol–water partition coefficient (Wildman–Crippen LogP) is 3.76. The number of nitrogens with one attached hydrogen (secondary N) is 2. The number of rotatable bonds is 11. The number of pyridine rings is 1. The molecule has 0 aliphatic rings. The number of ether oxygens (including phenoxy) is 2. The molecule has 0 amide bonds. The van der Waals surface area contributed by atoms with Gasteiger partial charge in [0.05, 0.1) is 6.54 Å². The van der Waals surface area contributed by atoms with Crippen LogP contribution in [0.5, 0.6) is 5.88 Å². The van der Waals surface area contributed by atoms with Gasteiger partial charge in [-0.3, -0.25) is 0 Å². The van der Waals surface area contributed by atoms with E-state index < -0.39 is 12.8 Å². The maximum atomic E-state index is 12.3. The first-order valence-corrected chi connectivity index (χ1v) is 9.05. The fraction of sp³-hybridized carbons (Fsp3) is 0.667. The van der Waals surface area contributed by atoms with Gasteiger partial charge in [-0.25, -0.2) is 9.98 Å². The Morgan fingerprint density at radius 2 is 2.04 bits per heavy atom. The topological polar surface area (TPSA) is 67.8 Å². The smallest absolute Gasteiger partial charge is 0.422 e. The van der Waals surface area contributed by atoms with Gasteiger partial charge in [0.15, 0.2) is 12.6 Å². The minimum Gasteiger partial charge on any atom is -0.468 e. The second-order valence-electron chi connectivity index (χ2n) is 6.32. The molecule has 0 aliphatic carbocycles. The Labute approximate surface area is 181 Å². The van der Waals surface area contributed by atoms with E-state index in [2.05, 4.69) is 34.5 Å². The minimum absolute atomic E-state index is 0. The van der Waals surface area contributed by atoms with Crippen LogP contribution in [0.2, 0.25) is 0 Å². The van der Waals surface area contributed by atoms with Gasteiger partial charge >= 0.3 is 6.18 Å². The van der Waals surface area contributed by atoms with E-state index in [1.54, 1.807) is 12.1 Å². The molecule has 0 bridgehead atoms. The monoisotopic (exact) mass is 518 g/mol. The number of halogens is 4. The van der Waals surface area contributed by atoms with Crippen molar-refractivity contribution in [2.75, 3.05) is 32.9 Å². The van der Waals surface area contributed by atoms with Gasteiger partial charge in [0.2, 0.25) is 5.88 Å². The molecule has 0 aliphatic heterocycles. The zero-order valence-electron chi connectivity index (χ0n) is 16.5.